The van der Waals surface area contributed by atoms with Crippen LogP contribution in [0.3, 0.4) is 0 Å². The van der Waals surface area contributed by atoms with Gasteiger partial charge in [0.05, 0.1) is 15.7 Å². The average Bonchev–Trinajstić information content (AvgIpc) is 2.39. The van der Waals surface area contributed by atoms with Gasteiger partial charge in [-0.1, -0.05) is 23.2 Å². The molecule has 0 aliphatic rings. The first-order valence-electron chi connectivity index (χ1n) is 5.37. The molecule has 4 nitrogen and oxygen atoms in total. The third-order valence-electron chi connectivity index (χ3n) is 2.49. The number of aromatic hydroxyl groups is 1. The summed E-state index contributed by atoms with van der Waals surface area (Å²) in [4.78, 5) is -0.560. The highest BCUT2D eigenvalue weighted by Gasteiger charge is 2.23. The van der Waals surface area contributed by atoms with E-state index in [1.165, 1.54) is 0 Å². The highest BCUT2D eigenvalue weighted by atomic mass is 35.5. The first kappa shape index (κ1) is 15.8. The maximum Gasteiger partial charge on any atom is 0.263 e. The average molecular weight is 354 g/mol. The summed E-state index contributed by atoms with van der Waals surface area (Å²) in [6.45, 7) is 0. The number of phenolic OH excluding ortho intramolecular Hbond substituents is 1. The van der Waals surface area contributed by atoms with Crippen molar-refractivity contribution in [3.63, 3.8) is 0 Å². The van der Waals surface area contributed by atoms with Gasteiger partial charge in [-0.3, -0.25) is 4.72 Å². The lowest BCUT2D eigenvalue weighted by atomic mass is 10.3. The fourth-order valence-corrected chi connectivity index (χ4v) is 3.33. The molecule has 0 atom stereocenters. The predicted octanol–water partition coefficient (Wildman–Crippen LogP) is 3.78. The summed E-state index contributed by atoms with van der Waals surface area (Å²) in [5.74, 6) is -2.44. The number of nitrogens with one attached hydrogen (secondary N) is 1. The maximum atomic E-state index is 13.5. The van der Waals surface area contributed by atoms with Crippen LogP contribution in [0.15, 0.2) is 35.2 Å². The van der Waals surface area contributed by atoms with Gasteiger partial charge in [-0.05, 0) is 24.3 Å². The van der Waals surface area contributed by atoms with Crippen molar-refractivity contribution in [2.45, 2.75) is 4.90 Å². The zero-order valence-corrected chi connectivity index (χ0v) is 12.4. The molecule has 0 spiro atoms. The third-order valence-corrected chi connectivity index (χ3v) is 4.67. The van der Waals surface area contributed by atoms with Crippen LogP contribution in [0.25, 0.3) is 0 Å². The molecule has 2 N–H and O–H groups in total. The van der Waals surface area contributed by atoms with E-state index in [4.69, 9.17) is 23.2 Å². The minimum absolute atomic E-state index is 0.275. The molecule has 0 aliphatic heterocycles. The lowest BCUT2D eigenvalue weighted by molar-refractivity contribution is 0.471. The van der Waals surface area contributed by atoms with E-state index in [-0.39, 0.29) is 10.7 Å². The minimum atomic E-state index is -4.28. The number of phenols is 1. The van der Waals surface area contributed by atoms with E-state index in [1.807, 2.05) is 4.72 Å². The number of sulfonamides is 1. The Morgan fingerprint density at radius 3 is 2.38 bits per heavy atom. The summed E-state index contributed by atoms with van der Waals surface area (Å²) in [7, 11) is -4.28. The van der Waals surface area contributed by atoms with Crippen molar-refractivity contribution in [2.75, 3.05) is 4.72 Å². The second-order valence-corrected chi connectivity index (χ2v) is 6.38. The molecule has 2 rings (SSSR count). The molecule has 0 aromatic heterocycles. The number of hydrogen-bond donors (Lipinski definition) is 2. The van der Waals surface area contributed by atoms with Crippen molar-refractivity contribution in [1.29, 1.82) is 0 Å². The van der Waals surface area contributed by atoms with E-state index < -0.39 is 37.3 Å². The van der Waals surface area contributed by atoms with E-state index in [0.717, 1.165) is 30.3 Å². The predicted molar refractivity (Wildman–Crippen MR) is 75.3 cm³/mol. The normalized spacial score (nSPS) is 11.4. The molecule has 0 amide bonds. The van der Waals surface area contributed by atoms with Crippen LogP contribution >= 0.6 is 23.2 Å². The van der Waals surface area contributed by atoms with Crippen molar-refractivity contribution in [3.05, 3.63) is 52.0 Å². The largest absolute Gasteiger partial charge is 0.506 e. The molecule has 2 aromatic rings. The summed E-state index contributed by atoms with van der Waals surface area (Å²) < 4.78 is 52.6. The zero-order chi connectivity index (χ0) is 15.8. The molecule has 0 saturated heterocycles. The maximum absolute atomic E-state index is 13.5. The van der Waals surface area contributed by atoms with Gasteiger partial charge >= 0.3 is 0 Å². The Labute approximate surface area is 129 Å². The summed E-state index contributed by atoms with van der Waals surface area (Å²) in [6.07, 6.45) is 0. The van der Waals surface area contributed by atoms with Gasteiger partial charge in [-0.15, -0.1) is 0 Å². The second kappa shape index (κ2) is 5.67. The van der Waals surface area contributed by atoms with Gasteiger partial charge in [0.25, 0.3) is 10.0 Å². The summed E-state index contributed by atoms with van der Waals surface area (Å²) in [6, 6.07) is 4.73. The second-order valence-electron chi connectivity index (χ2n) is 3.94. The molecule has 0 saturated carbocycles. The van der Waals surface area contributed by atoms with Gasteiger partial charge in [-0.2, -0.15) is 0 Å². The van der Waals surface area contributed by atoms with Crippen LogP contribution < -0.4 is 4.72 Å². The summed E-state index contributed by atoms with van der Waals surface area (Å²) in [5.41, 5.74) is -0.275. The fourth-order valence-electron chi connectivity index (χ4n) is 1.51. The SMILES string of the molecule is O=S(=O)(Nc1ccc(F)cc1O)c1ccc(Cl)c(F)c1Cl. The number of halogens is 4. The lowest BCUT2D eigenvalue weighted by Crippen LogP contribution is -2.14. The van der Waals surface area contributed by atoms with E-state index in [2.05, 4.69) is 0 Å². The van der Waals surface area contributed by atoms with Crippen LogP contribution in [0, 0.1) is 11.6 Å². The number of rotatable bonds is 3. The van der Waals surface area contributed by atoms with E-state index in [9.17, 15) is 22.3 Å². The van der Waals surface area contributed by atoms with Crippen LogP contribution in [0.1, 0.15) is 0 Å². The Morgan fingerprint density at radius 1 is 1.10 bits per heavy atom. The van der Waals surface area contributed by atoms with Gasteiger partial charge in [0, 0.05) is 6.07 Å². The van der Waals surface area contributed by atoms with E-state index in [1.54, 1.807) is 0 Å². The van der Waals surface area contributed by atoms with Crippen LogP contribution in [0.5, 0.6) is 5.75 Å². The molecular weight excluding hydrogens is 347 g/mol. The van der Waals surface area contributed by atoms with Crippen molar-refractivity contribution in [2.24, 2.45) is 0 Å². The monoisotopic (exact) mass is 353 g/mol. The lowest BCUT2D eigenvalue weighted by Gasteiger charge is -2.11. The first-order valence-corrected chi connectivity index (χ1v) is 7.61. The van der Waals surface area contributed by atoms with E-state index >= 15 is 0 Å². The Morgan fingerprint density at radius 2 is 1.76 bits per heavy atom. The van der Waals surface area contributed by atoms with Crippen molar-refractivity contribution < 1.29 is 22.3 Å². The summed E-state index contributed by atoms with van der Waals surface area (Å²) in [5, 5.41) is 8.46. The molecule has 0 unspecified atom stereocenters. The van der Waals surface area contributed by atoms with Crippen LogP contribution in [-0.2, 0) is 10.0 Å². The molecule has 0 radical (unpaired) electrons. The Kier molecular flexibility index (Phi) is 4.27. The van der Waals surface area contributed by atoms with Gasteiger partial charge in [-0.25, -0.2) is 17.2 Å². The van der Waals surface area contributed by atoms with Crippen LogP contribution in [0.2, 0.25) is 10.0 Å². The molecule has 9 heteroatoms. The zero-order valence-electron chi connectivity index (χ0n) is 10.1. The Hall–Kier alpha value is -1.57. The smallest absolute Gasteiger partial charge is 0.263 e. The van der Waals surface area contributed by atoms with Gasteiger partial charge < -0.3 is 5.11 Å². The van der Waals surface area contributed by atoms with Crippen molar-refractivity contribution in [3.8, 4) is 5.75 Å². The molecule has 0 bridgehead atoms. The fraction of sp³-hybridized carbons (Fsp3) is 0. The van der Waals surface area contributed by atoms with E-state index in [0.29, 0.717) is 0 Å². The minimum Gasteiger partial charge on any atom is -0.506 e. The van der Waals surface area contributed by atoms with Gasteiger partial charge in [0.2, 0.25) is 0 Å². The number of hydrogen-bond acceptors (Lipinski definition) is 3. The molecule has 21 heavy (non-hydrogen) atoms. The number of anilines is 1. The summed E-state index contributed by atoms with van der Waals surface area (Å²) >= 11 is 11.1. The van der Waals surface area contributed by atoms with Gasteiger partial charge in [0.15, 0.2) is 5.82 Å². The molecule has 2 aromatic carbocycles. The highest BCUT2D eigenvalue weighted by molar-refractivity contribution is 7.92. The quantitative estimate of drug-likeness (QED) is 0.651. The Balaban J connectivity index is 2.46. The van der Waals surface area contributed by atoms with Crippen molar-refractivity contribution in [1.82, 2.24) is 0 Å². The standard InChI is InChI=1S/C12H7Cl2F2NO3S/c13-7-2-4-10(11(14)12(7)16)21(19,20)17-8-3-1-6(15)5-9(8)18/h1-5,17-18H. The third kappa shape index (κ3) is 3.20. The molecule has 0 aliphatic carbocycles. The molecule has 0 heterocycles. The molecular formula is C12H7Cl2F2NO3S. The topological polar surface area (TPSA) is 66.4 Å². The highest BCUT2D eigenvalue weighted by Crippen LogP contribution is 2.32. The van der Waals surface area contributed by atoms with Crippen LogP contribution in [-0.4, -0.2) is 13.5 Å². The molecule has 112 valence electrons. The van der Waals surface area contributed by atoms with Gasteiger partial charge in [0.1, 0.15) is 16.5 Å². The van der Waals surface area contributed by atoms with Crippen molar-refractivity contribution >= 4 is 38.9 Å². The first-order chi connectivity index (χ1) is 9.72. The number of benzene rings is 2. The Bertz CT molecular complexity index is 812. The molecule has 0 fully saturated rings. The van der Waals surface area contributed by atoms with Crippen LogP contribution in [0.4, 0.5) is 14.5 Å².